The lowest BCUT2D eigenvalue weighted by Crippen LogP contribution is -1.96. The molecule has 2 rings (SSSR count). The molecule has 0 saturated carbocycles. The summed E-state index contributed by atoms with van der Waals surface area (Å²) in [5.41, 5.74) is 2.40. The molecule has 0 amide bonds. The van der Waals surface area contributed by atoms with E-state index in [0.29, 0.717) is 0 Å². The molecule has 0 unspecified atom stereocenters. The predicted octanol–water partition coefficient (Wildman–Crippen LogP) is 4.87. The van der Waals surface area contributed by atoms with Gasteiger partial charge < -0.3 is 14.6 Å². The van der Waals surface area contributed by atoms with Gasteiger partial charge in [0.25, 0.3) is 0 Å². The number of rotatable bonds is 9. The molecule has 0 aromatic heterocycles. The highest BCUT2D eigenvalue weighted by atomic mass is 32.2. The van der Waals surface area contributed by atoms with E-state index in [1.54, 1.807) is 26.0 Å². The minimum Gasteiger partial charge on any atom is -0.493 e. The normalized spacial score (nSPS) is 10.7. The van der Waals surface area contributed by atoms with Crippen molar-refractivity contribution in [3.63, 3.8) is 0 Å². The fourth-order valence-electron chi connectivity index (χ4n) is 2.70. The summed E-state index contributed by atoms with van der Waals surface area (Å²) in [5.74, 6) is 1.58. The average Bonchev–Trinajstić information content (AvgIpc) is 2.61. The van der Waals surface area contributed by atoms with Gasteiger partial charge in [0.15, 0.2) is 11.5 Å². The van der Waals surface area contributed by atoms with E-state index in [0.717, 1.165) is 47.6 Å². The smallest absolute Gasteiger partial charge is 0.174 e. The quantitative estimate of drug-likeness (QED) is 0.658. The summed E-state index contributed by atoms with van der Waals surface area (Å²) in [6.45, 7) is 2.29. The highest BCUT2D eigenvalue weighted by Crippen LogP contribution is 2.43. The standard InChI is InChI=1S/C20H26O3S/c1-15-12-13-18(20(23-3)19(15)22-2)24-17-11-7-6-10-16(17)9-5-4-8-14-21/h6-7,10-13,21H,4-5,8-9,14H2,1-3H3. The van der Waals surface area contributed by atoms with Crippen molar-refractivity contribution in [2.75, 3.05) is 20.8 Å². The van der Waals surface area contributed by atoms with Crippen LogP contribution in [0, 0.1) is 6.92 Å². The van der Waals surface area contributed by atoms with Crippen LogP contribution in [-0.2, 0) is 6.42 Å². The third-order valence-electron chi connectivity index (χ3n) is 3.98. The molecular weight excluding hydrogens is 320 g/mol. The fraction of sp³-hybridized carbons (Fsp3) is 0.400. The van der Waals surface area contributed by atoms with Crippen LogP contribution in [0.2, 0.25) is 0 Å². The third kappa shape index (κ3) is 4.68. The van der Waals surface area contributed by atoms with Gasteiger partial charge in [-0.2, -0.15) is 0 Å². The molecule has 1 N–H and O–H groups in total. The van der Waals surface area contributed by atoms with Crippen molar-refractivity contribution in [3.05, 3.63) is 47.5 Å². The van der Waals surface area contributed by atoms with Gasteiger partial charge in [0.2, 0.25) is 0 Å². The number of hydrogen-bond donors (Lipinski definition) is 1. The lowest BCUT2D eigenvalue weighted by Gasteiger charge is -2.16. The average molecular weight is 346 g/mol. The molecule has 4 heteroatoms. The minimum atomic E-state index is 0.275. The first kappa shape index (κ1) is 18.7. The predicted molar refractivity (Wildman–Crippen MR) is 99.5 cm³/mol. The first-order valence-corrected chi connectivity index (χ1v) is 9.11. The Morgan fingerprint density at radius 1 is 0.875 bits per heavy atom. The highest BCUT2D eigenvalue weighted by molar-refractivity contribution is 7.99. The molecule has 3 nitrogen and oxygen atoms in total. The molecule has 24 heavy (non-hydrogen) atoms. The number of methoxy groups -OCH3 is 2. The number of hydrogen-bond acceptors (Lipinski definition) is 4. The van der Waals surface area contributed by atoms with Gasteiger partial charge in [0, 0.05) is 11.5 Å². The first-order chi connectivity index (χ1) is 11.7. The van der Waals surface area contributed by atoms with Crippen molar-refractivity contribution in [3.8, 4) is 11.5 Å². The SMILES string of the molecule is COc1c(C)ccc(Sc2ccccc2CCCCCO)c1OC. The van der Waals surface area contributed by atoms with Crippen molar-refractivity contribution in [1.29, 1.82) is 0 Å². The topological polar surface area (TPSA) is 38.7 Å². The summed E-state index contributed by atoms with van der Waals surface area (Å²) in [5, 5.41) is 8.91. The Balaban J connectivity index is 2.22. The molecular formula is C20H26O3S. The van der Waals surface area contributed by atoms with Crippen LogP contribution in [0.15, 0.2) is 46.2 Å². The Kier molecular flexibility index (Phi) is 7.47. The molecule has 0 fully saturated rings. The molecule has 0 atom stereocenters. The van der Waals surface area contributed by atoms with E-state index in [1.165, 1.54) is 10.5 Å². The number of unbranched alkanes of at least 4 members (excludes halogenated alkanes) is 2. The van der Waals surface area contributed by atoms with Crippen molar-refractivity contribution < 1.29 is 14.6 Å². The highest BCUT2D eigenvalue weighted by Gasteiger charge is 2.15. The molecule has 2 aromatic rings. The van der Waals surface area contributed by atoms with E-state index in [4.69, 9.17) is 14.6 Å². The van der Waals surface area contributed by atoms with Crippen molar-refractivity contribution in [2.24, 2.45) is 0 Å². The number of aliphatic hydroxyl groups excluding tert-OH is 1. The number of ether oxygens (including phenoxy) is 2. The summed E-state index contributed by atoms with van der Waals surface area (Å²) >= 11 is 1.71. The lowest BCUT2D eigenvalue weighted by atomic mass is 10.1. The van der Waals surface area contributed by atoms with Crippen molar-refractivity contribution in [1.82, 2.24) is 0 Å². The van der Waals surface area contributed by atoms with Gasteiger partial charge in [-0.05, 0) is 49.4 Å². The van der Waals surface area contributed by atoms with E-state index >= 15 is 0 Å². The molecule has 0 bridgehead atoms. The van der Waals surface area contributed by atoms with Crippen LogP contribution in [-0.4, -0.2) is 25.9 Å². The second-order valence-electron chi connectivity index (χ2n) is 5.69. The largest absolute Gasteiger partial charge is 0.493 e. The summed E-state index contributed by atoms with van der Waals surface area (Å²) < 4.78 is 11.1. The van der Waals surface area contributed by atoms with Crippen molar-refractivity contribution in [2.45, 2.75) is 42.4 Å². The Morgan fingerprint density at radius 2 is 1.62 bits per heavy atom. The maximum Gasteiger partial charge on any atom is 0.174 e. The van der Waals surface area contributed by atoms with Gasteiger partial charge in [0.1, 0.15) is 0 Å². The maximum absolute atomic E-state index is 8.91. The van der Waals surface area contributed by atoms with Crippen LogP contribution in [0.3, 0.4) is 0 Å². The van der Waals surface area contributed by atoms with Gasteiger partial charge in [-0.15, -0.1) is 0 Å². The Morgan fingerprint density at radius 3 is 2.33 bits per heavy atom. The van der Waals surface area contributed by atoms with Crippen LogP contribution in [0.5, 0.6) is 11.5 Å². The zero-order valence-corrected chi connectivity index (χ0v) is 15.5. The van der Waals surface area contributed by atoms with Crippen LogP contribution in [0.1, 0.15) is 30.4 Å². The van der Waals surface area contributed by atoms with Gasteiger partial charge in [-0.3, -0.25) is 0 Å². The molecule has 0 spiro atoms. The summed E-state index contributed by atoms with van der Waals surface area (Å²) in [6, 6.07) is 12.6. The van der Waals surface area contributed by atoms with Crippen LogP contribution >= 0.6 is 11.8 Å². The third-order valence-corrected chi connectivity index (χ3v) is 5.14. The monoisotopic (exact) mass is 346 g/mol. The molecule has 130 valence electrons. The molecule has 2 aromatic carbocycles. The number of benzene rings is 2. The summed E-state index contributed by atoms with van der Waals surface area (Å²) in [6.07, 6.45) is 4.04. The molecule has 0 radical (unpaired) electrons. The molecule has 0 aliphatic carbocycles. The van der Waals surface area contributed by atoms with Gasteiger partial charge in [-0.25, -0.2) is 0 Å². The minimum absolute atomic E-state index is 0.275. The van der Waals surface area contributed by atoms with E-state index in [1.807, 2.05) is 6.92 Å². The summed E-state index contributed by atoms with van der Waals surface area (Å²) in [7, 11) is 3.36. The maximum atomic E-state index is 8.91. The second kappa shape index (κ2) is 9.60. The fourth-order valence-corrected chi connectivity index (χ4v) is 3.79. The second-order valence-corrected chi connectivity index (χ2v) is 6.77. The van der Waals surface area contributed by atoms with Gasteiger partial charge in [0.05, 0.1) is 19.1 Å². The van der Waals surface area contributed by atoms with Crippen molar-refractivity contribution >= 4 is 11.8 Å². The van der Waals surface area contributed by atoms with E-state index in [9.17, 15) is 0 Å². The van der Waals surface area contributed by atoms with E-state index in [-0.39, 0.29) is 6.61 Å². The van der Waals surface area contributed by atoms with E-state index in [2.05, 4.69) is 36.4 Å². The number of aliphatic hydroxyl groups is 1. The Hall–Kier alpha value is -1.65. The molecule has 0 aliphatic heterocycles. The Labute approximate surface area is 149 Å². The molecule has 0 saturated heterocycles. The van der Waals surface area contributed by atoms with Crippen LogP contribution < -0.4 is 9.47 Å². The summed E-state index contributed by atoms with van der Waals surface area (Å²) in [4.78, 5) is 2.30. The first-order valence-electron chi connectivity index (χ1n) is 8.29. The van der Waals surface area contributed by atoms with Gasteiger partial charge >= 0.3 is 0 Å². The Bertz CT molecular complexity index is 655. The molecule has 0 heterocycles. The van der Waals surface area contributed by atoms with Gasteiger partial charge in [-0.1, -0.05) is 42.4 Å². The van der Waals surface area contributed by atoms with Crippen LogP contribution in [0.25, 0.3) is 0 Å². The van der Waals surface area contributed by atoms with E-state index < -0.39 is 0 Å². The molecule has 0 aliphatic rings. The number of aryl methyl sites for hydroxylation is 2. The van der Waals surface area contributed by atoms with Crippen LogP contribution in [0.4, 0.5) is 0 Å². The zero-order chi connectivity index (χ0) is 17.4. The zero-order valence-electron chi connectivity index (χ0n) is 14.7. The lowest BCUT2D eigenvalue weighted by molar-refractivity contribution is 0.283.